The van der Waals surface area contributed by atoms with E-state index < -0.39 is 12.1 Å². The SMILES string of the molecule is COC(=O)C(O)Cc1ccnn1C(C)C. The first kappa shape index (κ1) is 11.7. The quantitative estimate of drug-likeness (QED) is 0.740. The van der Waals surface area contributed by atoms with E-state index in [1.165, 1.54) is 7.11 Å². The highest BCUT2D eigenvalue weighted by molar-refractivity contribution is 5.74. The molecular weight excluding hydrogens is 196 g/mol. The standard InChI is InChI=1S/C10H16N2O3/c1-7(2)12-8(4-5-11-12)6-9(13)10(14)15-3/h4-5,7,9,13H,6H2,1-3H3. The van der Waals surface area contributed by atoms with Crippen molar-refractivity contribution >= 4 is 5.97 Å². The van der Waals surface area contributed by atoms with Gasteiger partial charge >= 0.3 is 5.97 Å². The van der Waals surface area contributed by atoms with E-state index in [2.05, 4.69) is 9.84 Å². The maximum Gasteiger partial charge on any atom is 0.335 e. The van der Waals surface area contributed by atoms with Crippen LogP contribution in [0.25, 0.3) is 0 Å². The molecule has 0 aromatic carbocycles. The lowest BCUT2D eigenvalue weighted by molar-refractivity contribution is -0.150. The molecule has 0 amide bonds. The first-order valence-corrected chi connectivity index (χ1v) is 4.84. The Morgan fingerprint density at radius 2 is 2.33 bits per heavy atom. The summed E-state index contributed by atoms with van der Waals surface area (Å²) in [6.45, 7) is 3.97. The van der Waals surface area contributed by atoms with Crippen LogP contribution in [0.5, 0.6) is 0 Å². The molecule has 1 unspecified atom stereocenters. The summed E-state index contributed by atoms with van der Waals surface area (Å²) in [6, 6.07) is 1.99. The van der Waals surface area contributed by atoms with Gasteiger partial charge in [0, 0.05) is 24.4 Å². The molecule has 0 bridgehead atoms. The van der Waals surface area contributed by atoms with Crippen molar-refractivity contribution in [3.05, 3.63) is 18.0 Å². The Kier molecular flexibility index (Phi) is 3.85. The minimum atomic E-state index is -1.12. The number of esters is 1. The van der Waals surface area contributed by atoms with E-state index in [1.807, 2.05) is 13.8 Å². The van der Waals surface area contributed by atoms with Crippen LogP contribution in [0.15, 0.2) is 12.3 Å². The van der Waals surface area contributed by atoms with Gasteiger partial charge in [-0.1, -0.05) is 0 Å². The summed E-state index contributed by atoms with van der Waals surface area (Å²) in [6.07, 6.45) is 0.758. The Labute approximate surface area is 88.7 Å². The molecule has 0 spiro atoms. The molecule has 0 aliphatic carbocycles. The number of carbonyl (C=O) groups is 1. The van der Waals surface area contributed by atoms with Crippen molar-refractivity contribution in [2.45, 2.75) is 32.4 Å². The Balaban J connectivity index is 2.72. The fourth-order valence-corrected chi connectivity index (χ4v) is 1.39. The predicted octanol–water partition coefficient (Wildman–Crippen LogP) is 0.540. The van der Waals surface area contributed by atoms with Crippen LogP contribution in [0.3, 0.4) is 0 Å². The van der Waals surface area contributed by atoms with E-state index in [1.54, 1.807) is 16.9 Å². The number of hydrogen-bond acceptors (Lipinski definition) is 4. The van der Waals surface area contributed by atoms with Crippen molar-refractivity contribution in [3.8, 4) is 0 Å². The maximum absolute atomic E-state index is 11.0. The molecule has 0 saturated carbocycles. The summed E-state index contributed by atoms with van der Waals surface area (Å²) in [5.74, 6) is -0.619. The Morgan fingerprint density at radius 1 is 1.67 bits per heavy atom. The van der Waals surface area contributed by atoms with Crippen molar-refractivity contribution in [2.24, 2.45) is 0 Å². The van der Waals surface area contributed by atoms with Gasteiger partial charge in [-0.2, -0.15) is 5.10 Å². The lowest BCUT2D eigenvalue weighted by atomic mass is 10.2. The minimum Gasteiger partial charge on any atom is -0.467 e. The first-order valence-electron chi connectivity index (χ1n) is 4.84. The molecule has 1 aromatic rings. The number of aromatic nitrogens is 2. The van der Waals surface area contributed by atoms with Crippen molar-refractivity contribution in [3.63, 3.8) is 0 Å². The number of aliphatic hydroxyl groups is 1. The predicted molar refractivity (Wildman–Crippen MR) is 54.3 cm³/mol. The topological polar surface area (TPSA) is 64.3 Å². The van der Waals surface area contributed by atoms with Gasteiger partial charge < -0.3 is 9.84 Å². The molecule has 1 rings (SSSR count). The smallest absolute Gasteiger partial charge is 0.335 e. The van der Waals surface area contributed by atoms with Gasteiger partial charge in [0.25, 0.3) is 0 Å². The molecule has 5 nitrogen and oxygen atoms in total. The van der Waals surface area contributed by atoms with Crippen molar-refractivity contribution in [2.75, 3.05) is 7.11 Å². The summed E-state index contributed by atoms with van der Waals surface area (Å²) in [5, 5.41) is 13.6. The van der Waals surface area contributed by atoms with Crippen molar-refractivity contribution in [1.29, 1.82) is 0 Å². The van der Waals surface area contributed by atoms with E-state index in [0.29, 0.717) is 0 Å². The van der Waals surface area contributed by atoms with Crippen molar-refractivity contribution in [1.82, 2.24) is 9.78 Å². The summed E-state index contributed by atoms with van der Waals surface area (Å²) in [5.41, 5.74) is 0.822. The molecule has 0 fully saturated rings. The number of methoxy groups -OCH3 is 1. The Hall–Kier alpha value is -1.36. The average Bonchev–Trinajstić information content (AvgIpc) is 2.64. The molecule has 0 aliphatic heterocycles. The second-order valence-corrected chi connectivity index (χ2v) is 3.60. The largest absolute Gasteiger partial charge is 0.467 e. The van der Waals surface area contributed by atoms with Crippen molar-refractivity contribution < 1.29 is 14.6 Å². The molecule has 0 radical (unpaired) electrons. The number of rotatable bonds is 4. The molecule has 1 N–H and O–H groups in total. The van der Waals surface area contributed by atoms with Gasteiger partial charge in [-0.25, -0.2) is 4.79 Å². The monoisotopic (exact) mass is 212 g/mol. The zero-order valence-corrected chi connectivity index (χ0v) is 9.17. The third-order valence-electron chi connectivity index (χ3n) is 2.12. The van der Waals surface area contributed by atoms with E-state index in [4.69, 9.17) is 0 Å². The lowest BCUT2D eigenvalue weighted by Crippen LogP contribution is -2.25. The van der Waals surface area contributed by atoms with Gasteiger partial charge in [0.2, 0.25) is 0 Å². The average molecular weight is 212 g/mol. The van der Waals surface area contributed by atoms with Gasteiger partial charge in [-0.3, -0.25) is 4.68 Å². The fourth-order valence-electron chi connectivity index (χ4n) is 1.39. The third kappa shape index (κ3) is 2.79. The van der Waals surface area contributed by atoms with Crippen LogP contribution in [-0.4, -0.2) is 34.1 Å². The normalized spacial score (nSPS) is 12.9. The van der Waals surface area contributed by atoms with Crippen LogP contribution < -0.4 is 0 Å². The molecule has 0 saturated heterocycles. The summed E-state index contributed by atoms with van der Waals surface area (Å²) in [7, 11) is 1.26. The number of aliphatic hydroxyl groups excluding tert-OH is 1. The van der Waals surface area contributed by atoms with Gasteiger partial charge in [0.15, 0.2) is 6.10 Å². The molecule has 15 heavy (non-hydrogen) atoms. The van der Waals surface area contributed by atoms with Crippen LogP contribution in [-0.2, 0) is 16.0 Å². The number of carbonyl (C=O) groups excluding carboxylic acids is 1. The number of ether oxygens (including phenoxy) is 1. The highest BCUT2D eigenvalue weighted by Gasteiger charge is 2.18. The van der Waals surface area contributed by atoms with Crippen LogP contribution >= 0.6 is 0 Å². The van der Waals surface area contributed by atoms with Crippen LogP contribution in [0.1, 0.15) is 25.6 Å². The lowest BCUT2D eigenvalue weighted by Gasteiger charge is -2.13. The molecule has 1 aromatic heterocycles. The van der Waals surface area contributed by atoms with Gasteiger partial charge in [0.1, 0.15) is 0 Å². The summed E-state index contributed by atoms with van der Waals surface area (Å²) in [4.78, 5) is 11.0. The van der Waals surface area contributed by atoms with Gasteiger partial charge in [-0.15, -0.1) is 0 Å². The zero-order chi connectivity index (χ0) is 11.4. The highest BCUT2D eigenvalue weighted by Crippen LogP contribution is 2.10. The van der Waals surface area contributed by atoms with Crippen LogP contribution in [0, 0.1) is 0 Å². The summed E-state index contributed by atoms with van der Waals surface area (Å²) >= 11 is 0. The molecule has 1 atom stereocenters. The second kappa shape index (κ2) is 4.93. The van der Waals surface area contributed by atoms with Crippen LogP contribution in [0.4, 0.5) is 0 Å². The zero-order valence-electron chi connectivity index (χ0n) is 9.17. The third-order valence-corrected chi connectivity index (χ3v) is 2.12. The fraction of sp³-hybridized carbons (Fsp3) is 0.600. The number of hydrogen-bond donors (Lipinski definition) is 1. The van der Waals surface area contributed by atoms with E-state index in [-0.39, 0.29) is 12.5 Å². The molecular formula is C10H16N2O3. The van der Waals surface area contributed by atoms with Gasteiger partial charge in [0.05, 0.1) is 7.11 Å². The molecule has 84 valence electrons. The molecule has 5 heteroatoms. The van der Waals surface area contributed by atoms with E-state index in [0.717, 1.165) is 5.69 Å². The summed E-state index contributed by atoms with van der Waals surface area (Å²) < 4.78 is 6.21. The maximum atomic E-state index is 11.0. The Morgan fingerprint density at radius 3 is 2.87 bits per heavy atom. The first-order chi connectivity index (χ1) is 7.06. The molecule has 1 heterocycles. The van der Waals surface area contributed by atoms with Gasteiger partial charge in [-0.05, 0) is 19.9 Å². The second-order valence-electron chi connectivity index (χ2n) is 3.60. The van der Waals surface area contributed by atoms with E-state index >= 15 is 0 Å². The number of nitrogens with zero attached hydrogens (tertiary/aromatic N) is 2. The molecule has 0 aliphatic rings. The minimum absolute atomic E-state index is 0.208. The Bertz CT molecular complexity index is 333. The van der Waals surface area contributed by atoms with Crippen LogP contribution in [0.2, 0.25) is 0 Å². The van der Waals surface area contributed by atoms with E-state index in [9.17, 15) is 9.90 Å². The highest BCUT2D eigenvalue weighted by atomic mass is 16.5.